The molecule has 0 fully saturated rings. The van der Waals surface area contributed by atoms with E-state index in [1.54, 1.807) is 17.4 Å². The Bertz CT molecular complexity index is 753. The minimum Gasteiger partial charge on any atom is -0.328 e. The summed E-state index contributed by atoms with van der Waals surface area (Å²) in [6, 6.07) is 3.67. The van der Waals surface area contributed by atoms with Gasteiger partial charge in [-0.1, -0.05) is 23.2 Å². The molecule has 0 saturated heterocycles. The predicted octanol–water partition coefficient (Wildman–Crippen LogP) is 4.82. The molecule has 0 bridgehead atoms. The van der Waals surface area contributed by atoms with Crippen molar-refractivity contribution in [3.63, 3.8) is 0 Å². The van der Waals surface area contributed by atoms with Crippen LogP contribution in [0.25, 0.3) is 11.0 Å². The fourth-order valence-electron chi connectivity index (χ4n) is 2.28. The molecule has 3 nitrogen and oxygen atoms in total. The molecule has 0 aliphatic carbocycles. The first-order chi connectivity index (χ1) is 10.2. The molecule has 0 atom stereocenters. The molecule has 0 spiro atoms. The van der Waals surface area contributed by atoms with Gasteiger partial charge in [0.05, 0.1) is 32.3 Å². The van der Waals surface area contributed by atoms with Crippen LogP contribution in [-0.4, -0.2) is 20.4 Å². The van der Waals surface area contributed by atoms with Gasteiger partial charge in [0.25, 0.3) is 0 Å². The molecule has 7 heteroatoms. The van der Waals surface area contributed by atoms with Crippen molar-refractivity contribution < 1.29 is 0 Å². The van der Waals surface area contributed by atoms with Gasteiger partial charge in [-0.3, -0.25) is 0 Å². The second-order valence-electron chi connectivity index (χ2n) is 4.60. The number of rotatable bonds is 5. The molecule has 0 radical (unpaired) electrons. The summed E-state index contributed by atoms with van der Waals surface area (Å²) in [4.78, 5) is 8.94. The molecular formula is C14H12Cl3N3S. The number of benzene rings is 1. The van der Waals surface area contributed by atoms with Crippen LogP contribution in [0.2, 0.25) is 10.0 Å². The maximum atomic E-state index is 6.14. The number of hydrogen-bond acceptors (Lipinski definition) is 3. The van der Waals surface area contributed by atoms with E-state index in [0.29, 0.717) is 22.3 Å². The fourth-order valence-corrected chi connectivity index (χ4v) is 3.36. The lowest BCUT2D eigenvalue weighted by Crippen LogP contribution is -2.07. The maximum Gasteiger partial charge on any atom is 0.111 e. The van der Waals surface area contributed by atoms with Crippen LogP contribution in [0.1, 0.15) is 11.5 Å². The fraction of sp³-hybridized carbons (Fsp3) is 0.286. The first kappa shape index (κ1) is 15.1. The standard InChI is InChI=1S/C14H12Cl3N3S/c15-3-1-14-19-12-5-10(16)11(17)6-13(12)20(14)4-2-9-7-21-8-18-9/h5-8H,1-4H2. The van der Waals surface area contributed by atoms with Crippen LogP contribution < -0.4 is 0 Å². The predicted molar refractivity (Wildman–Crippen MR) is 90.0 cm³/mol. The molecule has 0 unspecified atom stereocenters. The van der Waals surface area contributed by atoms with Crippen LogP contribution in [0.5, 0.6) is 0 Å². The first-order valence-corrected chi connectivity index (χ1v) is 8.69. The summed E-state index contributed by atoms with van der Waals surface area (Å²) in [7, 11) is 0. The molecule has 0 aliphatic heterocycles. The lowest BCUT2D eigenvalue weighted by atomic mass is 10.3. The number of hydrogen-bond donors (Lipinski definition) is 0. The van der Waals surface area contributed by atoms with Gasteiger partial charge in [0.15, 0.2) is 0 Å². The van der Waals surface area contributed by atoms with Crippen molar-refractivity contribution >= 4 is 57.2 Å². The number of alkyl halides is 1. The van der Waals surface area contributed by atoms with E-state index in [2.05, 4.69) is 19.9 Å². The smallest absolute Gasteiger partial charge is 0.111 e. The number of thiazole rings is 1. The largest absolute Gasteiger partial charge is 0.328 e. The number of halogens is 3. The van der Waals surface area contributed by atoms with Gasteiger partial charge in [0, 0.05) is 30.6 Å². The molecule has 0 saturated carbocycles. The SMILES string of the molecule is ClCCc1nc2cc(Cl)c(Cl)cc2n1CCc1cscn1. The summed E-state index contributed by atoms with van der Waals surface area (Å²) in [6.45, 7) is 0.796. The molecule has 0 amide bonds. The van der Waals surface area contributed by atoms with E-state index in [1.165, 1.54) is 0 Å². The highest BCUT2D eigenvalue weighted by Crippen LogP contribution is 2.28. The summed E-state index contributed by atoms with van der Waals surface area (Å²) >= 11 is 19.7. The second kappa shape index (κ2) is 6.53. The maximum absolute atomic E-state index is 6.14. The second-order valence-corrected chi connectivity index (χ2v) is 6.51. The Hall–Kier alpha value is -0.810. The number of nitrogens with zero attached hydrogens (tertiary/aromatic N) is 3. The lowest BCUT2D eigenvalue weighted by Gasteiger charge is -2.08. The van der Waals surface area contributed by atoms with E-state index in [9.17, 15) is 0 Å². The van der Waals surface area contributed by atoms with E-state index in [-0.39, 0.29) is 0 Å². The monoisotopic (exact) mass is 359 g/mol. The first-order valence-electron chi connectivity index (χ1n) is 6.46. The van der Waals surface area contributed by atoms with Crippen molar-refractivity contribution in [2.75, 3.05) is 5.88 Å². The normalized spacial score (nSPS) is 11.4. The van der Waals surface area contributed by atoms with Crippen LogP contribution in [0.3, 0.4) is 0 Å². The molecule has 1 aromatic carbocycles. The zero-order valence-corrected chi connectivity index (χ0v) is 14.1. The summed E-state index contributed by atoms with van der Waals surface area (Å²) in [5, 5.41) is 3.12. The summed E-state index contributed by atoms with van der Waals surface area (Å²) < 4.78 is 2.15. The number of aromatic nitrogens is 3. The average molecular weight is 361 g/mol. The van der Waals surface area contributed by atoms with Crippen molar-refractivity contribution in [1.82, 2.24) is 14.5 Å². The van der Waals surface area contributed by atoms with E-state index in [4.69, 9.17) is 34.8 Å². The molecule has 3 rings (SSSR count). The van der Waals surface area contributed by atoms with Crippen molar-refractivity contribution in [2.45, 2.75) is 19.4 Å². The third-order valence-corrected chi connectivity index (χ3v) is 4.81. The van der Waals surface area contributed by atoms with Gasteiger partial charge in [-0.05, 0) is 12.1 Å². The van der Waals surface area contributed by atoms with E-state index >= 15 is 0 Å². The third-order valence-electron chi connectivity index (χ3n) is 3.26. The number of fused-ring (bicyclic) bond motifs is 1. The zero-order valence-electron chi connectivity index (χ0n) is 11.0. The average Bonchev–Trinajstić information content (AvgIpc) is 3.06. The third kappa shape index (κ3) is 3.19. The van der Waals surface area contributed by atoms with Crippen molar-refractivity contribution in [3.05, 3.63) is 44.6 Å². The van der Waals surface area contributed by atoms with Gasteiger partial charge < -0.3 is 4.57 Å². The summed E-state index contributed by atoms with van der Waals surface area (Å²) in [6.07, 6.45) is 1.56. The van der Waals surface area contributed by atoms with Crippen LogP contribution in [0, 0.1) is 0 Å². The number of aryl methyl sites for hydroxylation is 3. The topological polar surface area (TPSA) is 30.7 Å². The lowest BCUT2D eigenvalue weighted by molar-refractivity contribution is 0.668. The van der Waals surface area contributed by atoms with Gasteiger partial charge in [0.1, 0.15) is 5.82 Å². The van der Waals surface area contributed by atoms with E-state index in [1.807, 2.05) is 11.6 Å². The number of imidazole rings is 1. The Kier molecular flexibility index (Phi) is 4.69. The highest BCUT2D eigenvalue weighted by Gasteiger charge is 2.13. The Balaban J connectivity index is 2.00. The molecule has 2 heterocycles. The Morgan fingerprint density at radius 2 is 1.95 bits per heavy atom. The van der Waals surface area contributed by atoms with E-state index in [0.717, 1.165) is 35.5 Å². The summed E-state index contributed by atoms with van der Waals surface area (Å²) in [5.41, 5.74) is 4.76. The Morgan fingerprint density at radius 1 is 1.14 bits per heavy atom. The Labute approximate surface area is 141 Å². The minimum absolute atomic E-state index is 0.519. The molecule has 0 N–H and O–H groups in total. The molecule has 21 heavy (non-hydrogen) atoms. The van der Waals surface area contributed by atoms with Gasteiger partial charge in [-0.15, -0.1) is 22.9 Å². The zero-order chi connectivity index (χ0) is 14.8. The van der Waals surface area contributed by atoms with Gasteiger partial charge in [-0.25, -0.2) is 9.97 Å². The van der Waals surface area contributed by atoms with Crippen molar-refractivity contribution in [2.24, 2.45) is 0 Å². The van der Waals surface area contributed by atoms with Crippen LogP contribution >= 0.6 is 46.1 Å². The van der Waals surface area contributed by atoms with Crippen LogP contribution in [0.4, 0.5) is 0 Å². The minimum atomic E-state index is 0.519. The van der Waals surface area contributed by atoms with Gasteiger partial charge >= 0.3 is 0 Å². The highest BCUT2D eigenvalue weighted by molar-refractivity contribution is 7.07. The molecular weight excluding hydrogens is 349 g/mol. The quantitative estimate of drug-likeness (QED) is 0.610. The molecule has 0 aliphatic rings. The highest BCUT2D eigenvalue weighted by atomic mass is 35.5. The van der Waals surface area contributed by atoms with Crippen LogP contribution in [-0.2, 0) is 19.4 Å². The van der Waals surface area contributed by atoms with Crippen LogP contribution in [0.15, 0.2) is 23.0 Å². The molecule has 3 aromatic rings. The van der Waals surface area contributed by atoms with Crippen molar-refractivity contribution in [1.29, 1.82) is 0 Å². The molecule has 110 valence electrons. The summed E-state index contributed by atoms with van der Waals surface area (Å²) in [5.74, 6) is 1.48. The van der Waals surface area contributed by atoms with Crippen molar-refractivity contribution in [3.8, 4) is 0 Å². The van der Waals surface area contributed by atoms with Gasteiger partial charge in [-0.2, -0.15) is 0 Å². The van der Waals surface area contributed by atoms with Gasteiger partial charge in [0.2, 0.25) is 0 Å². The Morgan fingerprint density at radius 3 is 2.67 bits per heavy atom. The molecule has 2 aromatic heterocycles. The van der Waals surface area contributed by atoms with E-state index < -0.39 is 0 Å².